The lowest BCUT2D eigenvalue weighted by molar-refractivity contribution is -0.384. The predicted octanol–water partition coefficient (Wildman–Crippen LogP) is 5.18. The summed E-state index contributed by atoms with van der Waals surface area (Å²) in [5, 5.41) is 11.4. The Bertz CT molecular complexity index is 1520. The van der Waals surface area contributed by atoms with E-state index in [0.717, 1.165) is 6.07 Å². The normalized spacial score (nSPS) is 11.8. The third kappa shape index (κ3) is 4.65. The van der Waals surface area contributed by atoms with Crippen LogP contribution in [0.4, 0.5) is 5.69 Å². The number of carbonyl (C=O) groups is 1. The van der Waals surface area contributed by atoms with E-state index < -0.39 is 16.9 Å². The molecule has 0 aliphatic heterocycles. The second-order valence-corrected chi connectivity index (χ2v) is 8.48. The summed E-state index contributed by atoms with van der Waals surface area (Å²) in [5.41, 5.74) is 0.680. The predicted molar refractivity (Wildman–Crippen MR) is 137 cm³/mol. The summed E-state index contributed by atoms with van der Waals surface area (Å²) < 4.78 is 6.99. The van der Waals surface area contributed by atoms with Crippen LogP contribution in [0.2, 0.25) is 5.02 Å². The number of fused-ring (bicyclic) bond motifs is 1. The summed E-state index contributed by atoms with van der Waals surface area (Å²) in [7, 11) is 1.56. The number of aromatic nitrogens is 2. The van der Waals surface area contributed by atoms with Crippen LogP contribution in [0, 0.1) is 10.1 Å². The number of nitrogens with zero attached hydrogens (tertiary/aromatic N) is 4. The third-order valence-corrected chi connectivity index (χ3v) is 6.19. The van der Waals surface area contributed by atoms with Gasteiger partial charge in [0.1, 0.15) is 11.6 Å². The quantitative estimate of drug-likeness (QED) is 0.252. The van der Waals surface area contributed by atoms with E-state index in [4.69, 9.17) is 21.3 Å². The van der Waals surface area contributed by atoms with Crippen LogP contribution < -0.4 is 10.3 Å². The Labute approximate surface area is 211 Å². The van der Waals surface area contributed by atoms with Crippen LogP contribution in [0.5, 0.6) is 5.75 Å². The summed E-state index contributed by atoms with van der Waals surface area (Å²) in [4.78, 5) is 43.5. The fourth-order valence-electron chi connectivity index (χ4n) is 3.87. The van der Waals surface area contributed by atoms with Gasteiger partial charge in [-0.25, -0.2) is 4.98 Å². The Morgan fingerprint density at radius 2 is 1.86 bits per heavy atom. The van der Waals surface area contributed by atoms with Crippen molar-refractivity contribution < 1.29 is 14.5 Å². The minimum Gasteiger partial charge on any atom is -0.494 e. The highest BCUT2D eigenvalue weighted by Crippen LogP contribution is 2.28. The molecule has 1 atom stereocenters. The summed E-state index contributed by atoms with van der Waals surface area (Å²) >= 11 is 6.20. The highest BCUT2D eigenvalue weighted by Gasteiger charge is 2.26. The molecule has 184 valence electrons. The summed E-state index contributed by atoms with van der Waals surface area (Å²) in [6.45, 7) is 4.14. The average molecular weight is 507 g/mol. The number of non-ortho nitro benzene ring substituents is 1. The molecule has 0 bridgehead atoms. The van der Waals surface area contributed by atoms with Crippen molar-refractivity contribution in [2.45, 2.75) is 19.9 Å². The van der Waals surface area contributed by atoms with Gasteiger partial charge in [0.05, 0.1) is 44.7 Å². The van der Waals surface area contributed by atoms with E-state index in [9.17, 15) is 19.7 Å². The Balaban J connectivity index is 1.81. The lowest BCUT2D eigenvalue weighted by Crippen LogP contribution is -2.35. The van der Waals surface area contributed by atoms with Gasteiger partial charge in [0.15, 0.2) is 0 Å². The molecule has 1 amide bonds. The standard InChI is InChI=1S/C26H23ClN4O5/c1-4-36-19-12-9-17(10-13-19)30-24(28-23-8-6-5-7-21(23)26(30)33)16(2)29(3)25(32)20-14-11-18(31(34)35)15-22(20)27/h5-16H,4H2,1-3H3. The van der Waals surface area contributed by atoms with Gasteiger partial charge in [-0.05, 0) is 56.3 Å². The topological polar surface area (TPSA) is 108 Å². The van der Waals surface area contributed by atoms with Gasteiger partial charge in [-0.1, -0.05) is 23.7 Å². The average Bonchev–Trinajstić information content (AvgIpc) is 2.88. The number of amides is 1. The largest absolute Gasteiger partial charge is 0.494 e. The van der Waals surface area contributed by atoms with Crippen LogP contribution in [-0.4, -0.2) is 38.9 Å². The van der Waals surface area contributed by atoms with Crippen LogP contribution in [0.25, 0.3) is 16.6 Å². The van der Waals surface area contributed by atoms with E-state index >= 15 is 0 Å². The van der Waals surface area contributed by atoms with E-state index in [1.807, 2.05) is 6.92 Å². The number of halogens is 1. The molecule has 0 radical (unpaired) electrons. The first-order valence-electron chi connectivity index (χ1n) is 11.2. The summed E-state index contributed by atoms with van der Waals surface area (Å²) in [6, 6.07) is 17.1. The van der Waals surface area contributed by atoms with Crippen molar-refractivity contribution in [3.05, 3.63) is 104 Å². The van der Waals surface area contributed by atoms with E-state index in [1.165, 1.54) is 21.6 Å². The van der Waals surface area contributed by atoms with Crippen molar-refractivity contribution in [3.63, 3.8) is 0 Å². The van der Waals surface area contributed by atoms with Crippen molar-refractivity contribution >= 4 is 34.1 Å². The van der Waals surface area contributed by atoms with Gasteiger partial charge in [0, 0.05) is 19.2 Å². The Morgan fingerprint density at radius 3 is 2.50 bits per heavy atom. The van der Waals surface area contributed by atoms with Gasteiger partial charge in [-0.2, -0.15) is 0 Å². The Kier molecular flexibility index (Phi) is 7.03. The molecule has 4 aromatic rings. The fourth-order valence-corrected chi connectivity index (χ4v) is 4.12. The molecule has 0 spiro atoms. The van der Waals surface area contributed by atoms with Crippen molar-refractivity contribution in [2.75, 3.05) is 13.7 Å². The molecule has 10 heteroatoms. The van der Waals surface area contributed by atoms with Crippen LogP contribution in [0.1, 0.15) is 36.1 Å². The summed E-state index contributed by atoms with van der Waals surface area (Å²) in [5.74, 6) is 0.539. The van der Waals surface area contributed by atoms with E-state index in [1.54, 1.807) is 62.5 Å². The highest BCUT2D eigenvalue weighted by molar-refractivity contribution is 6.34. The van der Waals surface area contributed by atoms with Crippen LogP contribution in [0.3, 0.4) is 0 Å². The molecule has 1 aromatic heterocycles. The molecule has 0 N–H and O–H groups in total. The molecule has 1 unspecified atom stereocenters. The maximum absolute atomic E-state index is 13.6. The van der Waals surface area contributed by atoms with Crippen molar-refractivity contribution in [1.29, 1.82) is 0 Å². The van der Waals surface area contributed by atoms with Crippen molar-refractivity contribution in [1.82, 2.24) is 14.5 Å². The molecular weight excluding hydrogens is 484 g/mol. The zero-order valence-corrected chi connectivity index (χ0v) is 20.6. The second-order valence-electron chi connectivity index (χ2n) is 8.07. The van der Waals surface area contributed by atoms with Crippen molar-refractivity contribution in [2.24, 2.45) is 0 Å². The molecular formula is C26H23ClN4O5. The number of nitro benzene ring substituents is 1. The smallest absolute Gasteiger partial charge is 0.270 e. The monoisotopic (exact) mass is 506 g/mol. The highest BCUT2D eigenvalue weighted by atomic mass is 35.5. The Hall–Kier alpha value is -4.24. The number of hydrogen-bond acceptors (Lipinski definition) is 6. The maximum atomic E-state index is 13.6. The molecule has 1 heterocycles. The molecule has 0 aliphatic carbocycles. The van der Waals surface area contributed by atoms with Crippen molar-refractivity contribution in [3.8, 4) is 11.4 Å². The first-order chi connectivity index (χ1) is 17.2. The molecule has 9 nitrogen and oxygen atoms in total. The number of rotatable bonds is 7. The second kappa shape index (κ2) is 10.2. The van der Waals surface area contributed by atoms with Crippen LogP contribution >= 0.6 is 11.6 Å². The summed E-state index contributed by atoms with van der Waals surface area (Å²) in [6.07, 6.45) is 0. The first kappa shape index (κ1) is 24.9. The molecule has 4 rings (SSSR count). The van der Waals surface area contributed by atoms with E-state index in [0.29, 0.717) is 34.8 Å². The van der Waals surface area contributed by atoms with Gasteiger partial charge < -0.3 is 9.64 Å². The number of nitro groups is 1. The van der Waals surface area contributed by atoms with E-state index in [-0.39, 0.29) is 21.8 Å². The van der Waals surface area contributed by atoms with Gasteiger partial charge in [0.2, 0.25) is 0 Å². The number of benzene rings is 3. The zero-order valence-electron chi connectivity index (χ0n) is 19.8. The molecule has 36 heavy (non-hydrogen) atoms. The number of carbonyl (C=O) groups excluding carboxylic acids is 1. The molecule has 0 aliphatic rings. The first-order valence-corrected chi connectivity index (χ1v) is 11.6. The number of ether oxygens (including phenoxy) is 1. The fraction of sp³-hybridized carbons (Fsp3) is 0.192. The number of para-hydroxylation sites is 1. The molecule has 0 saturated heterocycles. The lowest BCUT2D eigenvalue weighted by Gasteiger charge is -2.27. The van der Waals surface area contributed by atoms with Crippen LogP contribution in [-0.2, 0) is 0 Å². The van der Waals surface area contributed by atoms with Gasteiger partial charge in [-0.15, -0.1) is 0 Å². The Morgan fingerprint density at radius 1 is 1.17 bits per heavy atom. The van der Waals surface area contributed by atoms with E-state index in [2.05, 4.69) is 0 Å². The van der Waals surface area contributed by atoms with Gasteiger partial charge in [-0.3, -0.25) is 24.3 Å². The molecule has 3 aromatic carbocycles. The number of hydrogen-bond donors (Lipinski definition) is 0. The minimum absolute atomic E-state index is 0.0383. The minimum atomic E-state index is -0.660. The lowest BCUT2D eigenvalue weighted by atomic mass is 10.1. The van der Waals surface area contributed by atoms with Crippen LogP contribution in [0.15, 0.2) is 71.5 Å². The molecule has 0 fully saturated rings. The molecule has 0 saturated carbocycles. The van der Waals surface area contributed by atoms with Gasteiger partial charge >= 0.3 is 0 Å². The maximum Gasteiger partial charge on any atom is 0.270 e. The SMILES string of the molecule is CCOc1ccc(-n2c(C(C)N(C)C(=O)c3ccc([N+](=O)[O-])cc3Cl)nc3ccccc3c2=O)cc1. The third-order valence-electron chi connectivity index (χ3n) is 5.88. The van der Waals surface area contributed by atoms with Gasteiger partial charge in [0.25, 0.3) is 17.2 Å². The zero-order chi connectivity index (χ0) is 26.0.